The summed E-state index contributed by atoms with van der Waals surface area (Å²) < 4.78 is 36.1. The van der Waals surface area contributed by atoms with Crippen LogP contribution in [-0.2, 0) is 19.4 Å². The predicted octanol–water partition coefficient (Wildman–Crippen LogP) is 4.24. The fraction of sp³-hybridized carbons (Fsp3) is 0.400. The topological polar surface area (TPSA) is 53.4 Å². The number of nitrogens with zero attached hydrogens (tertiary/aromatic N) is 2. The third-order valence-electron chi connectivity index (χ3n) is 5.08. The summed E-state index contributed by atoms with van der Waals surface area (Å²) in [4.78, 5) is 19.6. The minimum absolute atomic E-state index is 0.0387. The SMILES string of the molecule is COc1cc(Cn2cnc3sc4c(c3c2=O)CC[C@@H](C)C4)ccc1OC(F)F. The van der Waals surface area contributed by atoms with Crippen molar-refractivity contribution in [3.05, 3.63) is 50.9 Å². The zero-order chi connectivity index (χ0) is 19.8. The maximum absolute atomic E-state index is 13.1. The predicted molar refractivity (Wildman–Crippen MR) is 104 cm³/mol. The Morgan fingerprint density at radius 1 is 1.36 bits per heavy atom. The molecule has 0 radical (unpaired) electrons. The van der Waals surface area contributed by atoms with Gasteiger partial charge in [-0.1, -0.05) is 13.0 Å². The monoisotopic (exact) mass is 406 g/mol. The fourth-order valence-electron chi connectivity index (χ4n) is 3.68. The largest absolute Gasteiger partial charge is 0.493 e. The number of aryl methyl sites for hydroxylation is 1. The maximum atomic E-state index is 13.1. The molecule has 1 aliphatic rings. The summed E-state index contributed by atoms with van der Waals surface area (Å²) in [6.45, 7) is -0.427. The van der Waals surface area contributed by atoms with Crippen molar-refractivity contribution in [3.8, 4) is 11.5 Å². The lowest BCUT2D eigenvalue weighted by Crippen LogP contribution is -2.22. The number of hydrogen-bond acceptors (Lipinski definition) is 5. The molecule has 0 N–H and O–H groups in total. The van der Waals surface area contributed by atoms with Crippen molar-refractivity contribution in [2.45, 2.75) is 39.3 Å². The molecule has 5 nitrogen and oxygen atoms in total. The number of ether oxygens (including phenoxy) is 2. The average molecular weight is 406 g/mol. The molecule has 0 spiro atoms. The summed E-state index contributed by atoms with van der Waals surface area (Å²) in [5.74, 6) is 0.786. The van der Waals surface area contributed by atoms with Crippen LogP contribution in [0.4, 0.5) is 8.78 Å². The molecule has 0 unspecified atom stereocenters. The molecule has 1 atom stereocenters. The first-order valence-corrected chi connectivity index (χ1v) is 9.89. The molecule has 0 fully saturated rings. The van der Waals surface area contributed by atoms with Gasteiger partial charge in [0.2, 0.25) is 0 Å². The number of aromatic nitrogens is 2. The van der Waals surface area contributed by atoms with Crippen molar-refractivity contribution in [2.75, 3.05) is 7.11 Å². The van der Waals surface area contributed by atoms with Crippen LogP contribution in [0.25, 0.3) is 10.2 Å². The van der Waals surface area contributed by atoms with E-state index in [0.717, 1.165) is 40.6 Å². The van der Waals surface area contributed by atoms with Crippen LogP contribution in [0.1, 0.15) is 29.3 Å². The minimum atomic E-state index is -2.93. The van der Waals surface area contributed by atoms with Crippen LogP contribution in [0.15, 0.2) is 29.3 Å². The first-order valence-electron chi connectivity index (χ1n) is 9.07. The smallest absolute Gasteiger partial charge is 0.387 e. The van der Waals surface area contributed by atoms with Gasteiger partial charge >= 0.3 is 6.61 Å². The lowest BCUT2D eigenvalue weighted by molar-refractivity contribution is -0.0512. The van der Waals surface area contributed by atoms with Gasteiger partial charge in [-0.3, -0.25) is 9.36 Å². The molecule has 28 heavy (non-hydrogen) atoms. The Morgan fingerprint density at radius 3 is 2.93 bits per heavy atom. The van der Waals surface area contributed by atoms with Crippen LogP contribution >= 0.6 is 11.3 Å². The molecule has 0 aliphatic heterocycles. The highest BCUT2D eigenvalue weighted by Gasteiger charge is 2.23. The van der Waals surface area contributed by atoms with Gasteiger partial charge in [0.1, 0.15) is 4.83 Å². The Balaban J connectivity index is 1.69. The van der Waals surface area contributed by atoms with Gasteiger partial charge in [-0.15, -0.1) is 11.3 Å². The minimum Gasteiger partial charge on any atom is -0.493 e. The van der Waals surface area contributed by atoms with Crippen LogP contribution in [-0.4, -0.2) is 23.3 Å². The Kier molecular flexibility index (Phi) is 5.05. The van der Waals surface area contributed by atoms with Gasteiger partial charge in [0.25, 0.3) is 5.56 Å². The Bertz CT molecular complexity index is 1080. The molecule has 2 aromatic heterocycles. The second-order valence-electron chi connectivity index (χ2n) is 7.07. The molecular formula is C20H20F2N2O3S. The summed E-state index contributed by atoms with van der Waals surface area (Å²) in [5, 5.41) is 0.721. The zero-order valence-corrected chi connectivity index (χ0v) is 16.4. The molecule has 1 aliphatic carbocycles. The second kappa shape index (κ2) is 7.50. The van der Waals surface area contributed by atoms with Crippen molar-refractivity contribution >= 4 is 21.6 Å². The highest BCUT2D eigenvalue weighted by molar-refractivity contribution is 7.18. The Labute approximate surface area is 164 Å². The van der Waals surface area contributed by atoms with Crippen LogP contribution in [0.3, 0.4) is 0 Å². The summed E-state index contributed by atoms with van der Waals surface area (Å²) >= 11 is 1.61. The van der Waals surface area contributed by atoms with Crippen molar-refractivity contribution < 1.29 is 18.3 Å². The third kappa shape index (κ3) is 3.48. The van der Waals surface area contributed by atoms with Gasteiger partial charge in [0.15, 0.2) is 11.5 Å². The highest BCUT2D eigenvalue weighted by atomic mass is 32.1. The second-order valence-corrected chi connectivity index (χ2v) is 8.16. The fourth-order valence-corrected chi connectivity index (χ4v) is 5.02. The quantitative estimate of drug-likeness (QED) is 0.636. The molecule has 8 heteroatoms. The molecule has 1 aromatic carbocycles. The lowest BCUT2D eigenvalue weighted by atomic mass is 9.89. The number of alkyl halides is 2. The number of rotatable bonds is 5. The van der Waals surface area contributed by atoms with Crippen LogP contribution in [0, 0.1) is 5.92 Å². The van der Waals surface area contributed by atoms with E-state index in [-0.39, 0.29) is 23.6 Å². The van der Waals surface area contributed by atoms with E-state index in [1.807, 2.05) is 0 Å². The molecule has 0 bridgehead atoms. The number of fused-ring (bicyclic) bond motifs is 3. The molecule has 2 heterocycles. The lowest BCUT2D eigenvalue weighted by Gasteiger charge is -2.17. The van der Waals surface area contributed by atoms with Gasteiger partial charge in [-0.05, 0) is 48.4 Å². The van der Waals surface area contributed by atoms with E-state index in [2.05, 4.69) is 16.6 Å². The van der Waals surface area contributed by atoms with Gasteiger partial charge in [0.05, 0.1) is 25.4 Å². The van der Waals surface area contributed by atoms with Crippen molar-refractivity contribution in [1.29, 1.82) is 0 Å². The molecule has 0 amide bonds. The van der Waals surface area contributed by atoms with E-state index in [1.54, 1.807) is 34.4 Å². The van der Waals surface area contributed by atoms with E-state index in [1.165, 1.54) is 18.1 Å². The van der Waals surface area contributed by atoms with Gasteiger partial charge in [-0.2, -0.15) is 8.78 Å². The molecule has 4 rings (SSSR count). The normalized spacial score (nSPS) is 16.4. The first kappa shape index (κ1) is 18.9. The van der Waals surface area contributed by atoms with Gasteiger partial charge in [0, 0.05) is 4.88 Å². The Morgan fingerprint density at radius 2 is 2.18 bits per heavy atom. The van der Waals surface area contributed by atoms with Crippen molar-refractivity contribution in [2.24, 2.45) is 5.92 Å². The van der Waals surface area contributed by atoms with Crippen LogP contribution in [0.2, 0.25) is 0 Å². The van der Waals surface area contributed by atoms with E-state index < -0.39 is 6.61 Å². The number of halogens is 2. The average Bonchev–Trinajstić information content (AvgIpc) is 3.02. The standard InChI is InChI=1S/C20H20F2N2O3S/c1-11-3-5-13-16(7-11)28-18-17(13)19(25)24(10-23-18)9-12-4-6-14(27-20(21)22)15(8-12)26-2/h4,6,8,10-11,20H,3,5,7,9H2,1-2H3/t11-/m1/s1. The highest BCUT2D eigenvalue weighted by Crippen LogP contribution is 2.35. The zero-order valence-electron chi connectivity index (χ0n) is 15.6. The molecular weight excluding hydrogens is 386 g/mol. The first-order chi connectivity index (χ1) is 13.5. The van der Waals surface area contributed by atoms with Crippen LogP contribution < -0.4 is 15.0 Å². The maximum Gasteiger partial charge on any atom is 0.387 e. The number of methoxy groups -OCH3 is 1. The third-order valence-corrected chi connectivity index (χ3v) is 6.24. The van der Waals surface area contributed by atoms with Crippen molar-refractivity contribution in [1.82, 2.24) is 9.55 Å². The number of hydrogen-bond donors (Lipinski definition) is 0. The van der Waals surface area contributed by atoms with Crippen molar-refractivity contribution in [3.63, 3.8) is 0 Å². The molecule has 148 valence electrons. The molecule has 0 saturated heterocycles. The summed E-state index contributed by atoms with van der Waals surface area (Å²) in [5.41, 5.74) is 1.81. The van der Waals surface area contributed by atoms with Gasteiger partial charge in [-0.25, -0.2) is 4.98 Å². The van der Waals surface area contributed by atoms with Gasteiger partial charge < -0.3 is 9.47 Å². The number of thiophene rings is 1. The summed E-state index contributed by atoms with van der Waals surface area (Å²) in [6.07, 6.45) is 4.53. The Hall–Kier alpha value is -2.48. The van der Waals surface area contributed by atoms with Crippen LogP contribution in [0.5, 0.6) is 11.5 Å². The molecule has 3 aromatic rings. The summed E-state index contributed by atoms with van der Waals surface area (Å²) in [7, 11) is 1.38. The summed E-state index contributed by atoms with van der Waals surface area (Å²) in [6, 6.07) is 4.66. The van der Waals surface area contributed by atoms with E-state index >= 15 is 0 Å². The number of benzene rings is 1. The van der Waals surface area contributed by atoms with E-state index in [4.69, 9.17) is 4.74 Å². The van der Waals surface area contributed by atoms with E-state index in [9.17, 15) is 13.6 Å². The van der Waals surface area contributed by atoms with E-state index in [0.29, 0.717) is 5.92 Å². The molecule has 0 saturated carbocycles.